The molecule has 0 saturated heterocycles. The zero-order valence-electron chi connectivity index (χ0n) is 7.18. The highest BCUT2D eigenvalue weighted by molar-refractivity contribution is 5.34. The summed E-state index contributed by atoms with van der Waals surface area (Å²) < 4.78 is 14.3. The molecule has 0 aliphatic heterocycles. The molecule has 0 atom stereocenters. The molecule has 0 radical (unpaired) electrons. The molecule has 1 heterocycles. The van der Waals surface area contributed by atoms with Crippen molar-refractivity contribution in [3.8, 4) is 11.8 Å². The predicted octanol–water partition coefficient (Wildman–Crippen LogP) is 1.88. The molecule has 3 nitrogen and oxygen atoms in total. The van der Waals surface area contributed by atoms with Crippen LogP contribution in [0.2, 0.25) is 0 Å². The van der Waals surface area contributed by atoms with Crippen molar-refractivity contribution in [2.75, 3.05) is 0 Å². The van der Waals surface area contributed by atoms with Gasteiger partial charge in [0.2, 0.25) is 0 Å². The van der Waals surface area contributed by atoms with Gasteiger partial charge in [0, 0.05) is 6.20 Å². The number of aromatic nitrogens is 2. The summed E-state index contributed by atoms with van der Waals surface area (Å²) >= 11 is 0. The maximum atomic E-state index is 12.8. The van der Waals surface area contributed by atoms with E-state index in [2.05, 4.69) is 5.10 Å². The van der Waals surface area contributed by atoms with E-state index in [9.17, 15) is 4.39 Å². The van der Waals surface area contributed by atoms with E-state index in [4.69, 9.17) is 5.26 Å². The molecule has 0 N–H and O–H groups in total. The molecule has 1 aromatic heterocycles. The summed E-state index contributed by atoms with van der Waals surface area (Å²) in [5.74, 6) is -0.323. The maximum absolute atomic E-state index is 12.8. The first kappa shape index (κ1) is 8.45. The second kappa shape index (κ2) is 3.30. The molecule has 14 heavy (non-hydrogen) atoms. The number of hydrogen-bond acceptors (Lipinski definition) is 2. The Hall–Kier alpha value is -2.15. The molecule has 0 fully saturated rings. The van der Waals surface area contributed by atoms with Crippen LogP contribution in [0.5, 0.6) is 0 Å². The third kappa shape index (κ3) is 1.48. The average molecular weight is 187 g/mol. The minimum atomic E-state index is -0.323. The van der Waals surface area contributed by atoms with Gasteiger partial charge in [0.15, 0.2) is 0 Å². The van der Waals surface area contributed by atoms with E-state index in [1.165, 1.54) is 23.0 Å². The lowest BCUT2D eigenvalue weighted by molar-refractivity contribution is 0.625. The van der Waals surface area contributed by atoms with Gasteiger partial charge in [0.05, 0.1) is 17.4 Å². The average Bonchev–Trinajstić information content (AvgIpc) is 2.66. The van der Waals surface area contributed by atoms with Crippen molar-refractivity contribution in [1.29, 1.82) is 5.26 Å². The first-order valence-corrected chi connectivity index (χ1v) is 4.00. The quantitative estimate of drug-likeness (QED) is 0.684. The van der Waals surface area contributed by atoms with Crippen LogP contribution in [-0.4, -0.2) is 9.78 Å². The van der Waals surface area contributed by atoms with Crippen LogP contribution in [0.15, 0.2) is 36.7 Å². The molecule has 0 saturated carbocycles. The fraction of sp³-hybridized carbons (Fsp3) is 0. The zero-order chi connectivity index (χ0) is 9.97. The van der Waals surface area contributed by atoms with Gasteiger partial charge in [-0.05, 0) is 18.2 Å². The first-order chi connectivity index (χ1) is 6.79. The fourth-order valence-corrected chi connectivity index (χ4v) is 1.14. The molecule has 1 aromatic carbocycles. The smallest absolute Gasteiger partial charge is 0.125 e. The Kier molecular flexibility index (Phi) is 1.99. The SMILES string of the molecule is N#Cc1cnn(-c2cccc(F)c2)c1. The van der Waals surface area contributed by atoms with Crippen LogP contribution in [0, 0.1) is 17.1 Å². The van der Waals surface area contributed by atoms with Crippen LogP contribution in [0.1, 0.15) is 5.56 Å². The van der Waals surface area contributed by atoms with Crippen molar-refractivity contribution in [3.63, 3.8) is 0 Å². The largest absolute Gasteiger partial charge is 0.240 e. The van der Waals surface area contributed by atoms with Crippen LogP contribution in [0.25, 0.3) is 5.69 Å². The molecular weight excluding hydrogens is 181 g/mol. The van der Waals surface area contributed by atoms with Crippen LogP contribution >= 0.6 is 0 Å². The molecular formula is C10H6FN3. The van der Waals surface area contributed by atoms with Crippen molar-refractivity contribution >= 4 is 0 Å². The van der Waals surface area contributed by atoms with Crippen molar-refractivity contribution in [3.05, 3.63) is 48.0 Å². The number of nitriles is 1. The third-order valence-corrected chi connectivity index (χ3v) is 1.78. The van der Waals surface area contributed by atoms with Crippen molar-refractivity contribution in [2.45, 2.75) is 0 Å². The summed E-state index contributed by atoms with van der Waals surface area (Å²) in [6.45, 7) is 0. The minimum Gasteiger partial charge on any atom is -0.240 e. The standard InChI is InChI=1S/C10H6FN3/c11-9-2-1-3-10(4-9)14-7-8(5-12)6-13-14/h1-4,6-7H. The Morgan fingerprint density at radius 3 is 2.93 bits per heavy atom. The Labute approximate surface area is 80.0 Å². The van der Waals surface area contributed by atoms with E-state index < -0.39 is 0 Å². The molecule has 2 rings (SSSR count). The second-order valence-electron chi connectivity index (χ2n) is 2.77. The summed E-state index contributed by atoms with van der Waals surface area (Å²) in [5.41, 5.74) is 1.06. The zero-order valence-corrected chi connectivity index (χ0v) is 7.18. The molecule has 0 spiro atoms. The van der Waals surface area contributed by atoms with Crippen LogP contribution in [0.3, 0.4) is 0 Å². The molecule has 0 amide bonds. The lowest BCUT2D eigenvalue weighted by Gasteiger charge is -1.99. The molecule has 0 aliphatic carbocycles. The lowest BCUT2D eigenvalue weighted by atomic mass is 10.3. The van der Waals surface area contributed by atoms with Crippen LogP contribution < -0.4 is 0 Å². The summed E-state index contributed by atoms with van der Waals surface area (Å²) in [7, 11) is 0. The lowest BCUT2D eigenvalue weighted by Crippen LogP contribution is -1.93. The van der Waals surface area contributed by atoms with E-state index in [-0.39, 0.29) is 5.82 Å². The van der Waals surface area contributed by atoms with E-state index in [1.807, 2.05) is 6.07 Å². The number of halogens is 1. The van der Waals surface area contributed by atoms with E-state index in [0.29, 0.717) is 11.3 Å². The first-order valence-electron chi connectivity index (χ1n) is 4.00. The Morgan fingerprint density at radius 1 is 1.43 bits per heavy atom. The summed E-state index contributed by atoms with van der Waals surface area (Å²) in [6.07, 6.45) is 2.99. The predicted molar refractivity (Wildman–Crippen MR) is 48.2 cm³/mol. The van der Waals surface area contributed by atoms with Gasteiger partial charge in [0.1, 0.15) is 11.9 Å². The van der Waals surface area contributed by atoms with Crippen LogP contribution in [0.4, 0.5) is 4.39 Å². The minimum absolute atomic E-state index is 0.323. The monoisotopic (exact) mass is 187 g/mol. The Balaban J connectivity index is 2.45. The summed E-state index contributed by atoms with van der Waals surface area (Å²) in [6, 6.07) is 7.98. The van der Waals surface area contributed by atoms with E-state index in [1.54, 1.807) is 18.3 Å². The van der Waals surface area contributed by atoms with Crippen LogP contribution in [-0.2, 0) is 0 Å². The Morgan fingerprint density at radius 2 is 2.29 bits per heavy atom. The van der Waals surface area contributed by atoms with E-state index >= 15 is 0 Å². The highest BCUT2D eigenvalue weighted by Gasteiger charge is 2.00. The molecule has 2 aromatic rings. The normalized spacial score (nSPS) is 9.71. The van der Waals surface area contributed by atoms with Gasteiger partial charge < -0.3 is 0 Å². The molecule has 68 valence electrons. The van der Waals surface area contributed by atoms with Crippen molar-refractivity contribution < 1.29 is 4.39 Å². The number of hydrogen-bond donors (Lipinski definition) is 0. The van der Waals surface area contributed by atoms with Gasteiger partial charge in [-0.25, -0.2) is 9.07 Å². The van der Waals surface area contributed by atoms with Gasteiger partial charge in [0.25, 0.3) is 0 Å². The second-order valence-corrected chi connectivity index (χ2v) is 2.77. The molecule has 0 aliphatic rings. The molecule has 0 bridgehead atoms. The van der Waals surface area contributed by atoms with Crippen molar-refractivity contribution in [2.24, 2.45) is 0 Å². The summed E-state index contributed by atoms with van der Waals surface area (Å²) in [5, 5.41) is 12.5. The number of benzene rings is 1. The van der Waals surface area contributed by atoms with Gasteiger partial charge in [-0.15, -0.1) is 0 Å². The third-order valence-electron chi connectivity index (χ3n) is 1.78. The van der Waals surface area contributed by atoms with Gasteiger partial charge in [-0.1, -0.05) is 6.07 Å². The summed E-state index contributed by atoms with van der Waals surface area (Å²) in [4.78, 5) is 0. The van der Waals surface area contributed by atoms with Gasteiger partial charge >= 0.3 is 0 Å². The maximum Gasteiger partial charge on any atom is 0.125 e. The molecule has 0 unspecified atom stereocenters. The highest BCUT2D eigenvalue weighted by Crippen LogP contribution is 2.09. The molecule has 4 heteroatoms. The number of nitrogens with zero attached hydrogens (tertiary/aromatic N) is 3. The van der Waals surface area contributed by atoms with Gasteiger partial charge in [-0.2, -0.15) is 10.4 Å². The van der Waals surface area contributed by atoms with Crippen molar-refractivity contribution in [1.82, 2.24) is 9.78 Å². The number of rotatable bonds is 1. The van der Waals surface area contributed by atoms with Gasteiger partial charge in [-0.3, -0.25) is 0 Å². The Bertz CT molecular complexity index is 496. The highest BCUT2D eigenvalue weighted by atomic mass is 19.1. The van der Waals surface area contributed by atoms with E-state index in [0.717, 1.165) is 0 Å². The fourth-order valence-electron chi connectivity index (χ4n) is 1.14. The topological polar surface area (TPSA) is 41.6 Å².